The summed E-state index contributed by atoms with van der Waals surface area (Å²) in [5, 5.41) is 6.08. The Morgan fingerprint density at radius 1 is 1.32 bits per heavy atom. The van der Waals surface area contributed by atoms with Gasteiger partial charge in [0.15, 0.2) is 0 Å². The largest absolute Gasteiger partial charge is 0.497 e. The number of benzene rings is 1. The van der Waals surface area contributed by atoms with Crippen molar-refractivity contribution in [2.45, 2.75) is 31.7 Å². The van der Waals surface area contributed by atoms with Gasteiger partial charge in [-0.1, -0.05) is 12.1 Å². The van der Waals surface area contributed by atoms with E-state index in [1.165, 1.54) is 5.56 Å². The molecule has 0 unspecified atom stereocenters. The molecule has 1 aromatic rings. The van der Waals surface area contributed by atoms with E-state index < -0.39 is 0 Å². The van der Waals surface area contributed by atoms with Gasteiger partial charge in [0.25, 0.3) is 0 Å². The Morgan fingerprint density at radius 3 is 2.58 bits per heavy atom. The summed E-state index contributed by atoms with van der Waals surface area (Å²) in [5.74, 6) is 1.59. The minimum atomic E-state index is 0.0791. The molecular formula is C15H22N2O2. The maximum atomic E-state index is 11.3. The molecule has 1 amide bonds. The zero-order valence-corrected chi connectivity index (χ0v) is 11.6. The van der Waals surface area contributed by atoms with Gasteiger partial charge in [0.05, 0.1) is 13.7 Å². The zero-order valence-electron chi connectivity index (χ0n) is 11.6. The fourth-order valence-corrected chi connectivity index (χ4v) is 2.43. The summed E-state index contributed by atoms with van der Waals surface area (Å²) < 4.78 is 5.15. The molecule has 0 aliphatic heterocycles. The Kier molecular flexibility index (Phi) is 4.80. The van der Waals surface area contributed by atoms with Gasteiger partial charge >= 0.3 is 0 Å². The van der Waals surface area contributed by atoms with Crippen molar-refractivity contribution in [2.24, 2.45) is 0 Å². The maximum Gasteiger partial charge on any atom is 0.233 e. The highest BCUT2D eigenvalue weighted by molar-refractivity contribution is 5.77. The van der Waals surface area contributed by atoms with E-state index in [4.69, 9.17) is 4.74 Å². The Labute approximate surface area is 114 Å². The summed E-state index contributed by atoms with van der Waals surface area (Å²) in [6, 6.07) is 8.73. The lowest BCUT2D eigenvalue weighted by Gasteiger charge is -2.36. The van der Waals surface area contributed by atoms with Crippen molar-refractivity contribution in [3.8, 4) is 5.75 Å². The molecule has 19 heavy (non-hydrogen) atoms. The summed E-state index contributed by atoms with van der Waals surface area (Å²) in [4.78, 5) is 11.3. The number of carbonyl (C=O) groups is 1. The third-order valence-electron chi connectivity index (χ3n) is 3.65. The van der Waals surface area contributed by atoms with Gasteiger partial charge in [0, 0.05) is 12.6 Å². The third kappa shape index (κ3) is 3.70. The number of rotatable bonds is 6. The number of nitrogens with one attached hydrogen (secondary N) is 2. The Balaban J connectivity index is 1.72. The minimum absolute atomic E-state index is 0.0791. The quantitative estimate of drug-likeness (QED) is 0.820. The molecule has 0 aromatic heterocycles. The smallest absolute Gasteiger partial charge is 0.233 e. The second-order valence-electron chi connectivity index (χ2n) is 4.97. The first-order valence-corrected chi connectivity index (χ1v) is 6.87. The zero-order chi connectivity index (χ0) is 13.7. The first-order chi connectivity index (χ1) is 9.22. The highest BCUT2D eigenvalue weighted by Gasteiger charge is 2.30. The molecule has 1 aliphatic carbocycles. The summed E-state index contributed by atoms with van der Waals surface area (Å²) >= 11 is 0. The molecular weight excluding hydrogens is 240 g/mol. The van der Waals surface area contributed by atoms with Crippen LogP contribution in [-0.2, 0) is 4.79 Å². The molecule has 4 nitrogen and oxygen atoms in total. The van der Waals surface area contributed by atoms with E-state index in [0.29, 0.717) is 25.0 Å². The molecule has 2 rings (SSSR count). The molecule has 4 heteroatoms. The lowest BCUT2D eigenvalue weighted by molar-refractivity contribution is -0.120. The first kappa shape index (κ1) is 13.9. The summed E-state index contributed by atoms with van der Waals surface area (Å²) in [6.45, 7) is 3.05. The van der Waals surface area contributed by atoms with Crippen molar-refractivity contribution in [2.75, 3.05) is 20.2 Å². The van der Waals surface area contributed by atoms with E-state index in [1.54, 1.807) is 7.11 Å². The number of carbonyl (C=O) groups excluding carboxylic acids is 1. The first-order valence-electron chi connectivity index (χ1n) is 6.87. The van der Waals surface area contributed by atoms with Crippen molar-refractivity contribution in [1.29, 1.82) is 0 Å². The van der Waals surface area contributed by atoms with Crippen LogP contribution in [0.15, 0.2) is 24.3 Å². The van der Waals surface area contributed by atoms with Crippen LogP contribution in [0.4, 0.5) is 0 Å². The van der Waals surface area contributed by atoms with Crippen LogP contribution in [0.5, 0.6) is 5.75 Å². The number of likely N-dealkylation sites (N-methyl/N-ethyl adjacent to an activating group) is 1. The van der Waals surface area contributed by atoms with Gasteiger partial charge in [-0.15, -0.1) is 0 Å². The molecule has 1 saturated carbocycles. The van der Waals surface area contributed by atoms with Gasteiger partial charge in [-0.05, 0) is 43.4 Å². The number of ether oxygens (including phenoxy) is 1. The summed E-state index contributed by atoms with van der Waals surface area (Å²) in [7, 11) is 1.68. The minimum Gasteiger partial charge on any atom is -0.497 e. The second kappa shape index (κ2) is 6.57. The number of amides is 1. The summed E-state index contributed by atoms with van der Waals surface area (Å²) in [5.41, 5.74) is 1.36. The predicted octanol–water partition coefficient (Wildman–Crippen LogP) is 1.67. The lowest BCUT2D eigenvalue weighted by Crippen LogP contribution is -2.44. The SMILES string of the molecule is CCNC(=O)CNC1CC(c2ccc(OC)cc2)C1. The van der Waals surface area contributed by atoms with Crippen LogP contribution in [0.3, 0.4) is 0 Å². The van der Waals surface area contributed by atoms with E-state index in [2.05, 4.69) is 22.8 Å². The Hall–Kier alpha value is -1.55. The van der Waals surface area contributed by atoms with E-state index in [-0.39, 0.29) is 5.91 Å². The molecule has 0 bridgehead atoms. The normalized spacial score (nSPS) is 21.6. The predicted molar refractivity (Wildman–Crippen MR) is 75.4 cm³/mol. The molecule has 0 spiro atoms. The number of hydrogen-bond donors (Lipinski definition) is 2. The molecule has 0 radical (unpaired) electrons. The molecule has 2 N–H and O–H groups in total. The molecule has 1 aliphatic rings. The third-order valence-corrected chi connectivity index (χ3v) is 3.65. The van der Waals surface area contributed by atoms with Crippen molar-refractivity contribution in [1.82, 2.24) is 10.6 Å². The van der Waals surface area contributed by atoms with Crippen LogP contribution in [0.2, 0.25) is 0 Å². The number of hydrogen-bond acceptors (Lipinski definition) is 3. The Morgan fingerprint density at radius 2 is 2.00 bits per heavy atom. The van der Waals surface area contributed by atoms with Gasteiger partial charge in [-0.3, -0.25) is 4.79 Å². The van der Waals surface area contributed by atoms with E-state index >= 15 is 0 Å². The standard InChI is InChI=1S/C15H22N2O2/c1-3-16-15(18)10-17-13-8-12(9-13)11-4-6-14(19-2)7-5-11/h4-7,12-13,17H,3,8-10H2,1-2H3,(H,16,18). The van der Waals surface area contributed by atoms with Gasteiger partial charge in [-0.2, -0.15) is 0 Å². The molecule has 1 aromatic carbocycles. The summed E-state index contributed by atoms with van der Waals surface area (Å²) in [6.07, 6.45) is 2.21. The van der Waals surface area contributed by atoms with Gasteiger partial charge < -0.3 is 15.4 Å². The second-order valence-corrected chi connectivity index (χ2v) is 4.97. The van der Waals surface area contributed by atoms with Crippen molar-refractivity contribution in [3.05, 3.63) is 29.8 Å². The van der Waals surface area contributed by atoms with E-state index in [1.807, 2.05) is 19.1 Å². The monoisotopic (exact) mass is 262 g/mol. The number of methoxy groups -OCH3 is 1. The van der Waals surface area contributed by atoms with Gasteiger partial charge in [0.1, 0.15) is 5.75 Å². The average Bonchev–Trinajstić information content (AvgIpc) is 2.38. The van der Waals surface area contributed by atoms with Crippen LogP contribution >= 0.6 is 0 Å². The molecule has 0 saturated heterocycles. The van der Waals surface area contributed by atoms with Crippen molar-refractivity contribution in [3.63, 3.8) is 0 Å². The molecule has 0 atom stereocenters. The van der Waals surface area contributed by atoms with Gasteiger partial charge in [0.2, 0.25) is 5.91 Å². The van der Waals surface area contributed by atoms with Crippen molar-refractivity contribution < 1.29 is 9.53 Å². The van der Waals surface area contributed by atoms with Crippen LogP contribution in [0.1, 0.15) is 31.2 Å². The van der Waals surface area contributed by atoms with Crippen molar-refractivity contribution >= 4 is 5.91 Å². The van der Waals surface area contributed by atoms with Gasteiger partial charge in [-0.25, -0.2) is 0 Å². The lowest BCUT2D eigenvalue weighted by atomic mass is 9.76. The van der Waals surface area contributed by atoms with Crippen LogP contribution in [0.25, 0.3) is 0 Å². The van der Waals surface area contributed by atoms with Crippen LogP contribution in [-0.4, -0.2) is 32.1 Å². The van der Waals surface area contributed by atoms with E-state index in [9.17, 15) is 4.79 Å². The fraction of sp³-hybridized carbons (Fsp3) is 0.533. The Bertz CT molecular complexity index is 411. The highest BCUT2D eigenvalue weighted by Crippen LogP contribution is 2.37. The highest BCUT2D eigenvalue weighted by atomic mass is 16.5. The van der Waals surface area contributed by atoms with Crippen LogP contribution in [0, 0.1) is 0 Å². The average molecular weight is 262 g/mol. The molecule has 1 fully saturated rings. The maximum absolute atomic E-state index is 11.3. The fourth-order valence-electron chi connectivity index (χ4n) is 2.43. The molecule has 104 valence electrons. The van der Waals surface area contributed by atoms with E-state index in [0.717, 1.165) is 18.6 Å². The molecule has 0 heterocycles. The van der Waals surface area contributed by atoms with Crippen LogP contribution < -0.4 is 15.4 Å². The topological polar surface area (TPSA) is 50.4 Å².